The zero-order valence-corrected chi connectivity index (χ0v) is 9.51. The van der Waals surface area contributed by atoms with E-state index in [4.69, 9.17) is 0 Å². The molecule has 1 saturated carbocycles. The average molecular weight is 197 g/mol. The fourth-order valence-corrected chi connectivity index (χ4v) is 1.95. The van der Waals surface area contributed by atoms with Crippen molar-refractivity contribution >= 4 is 5.91 Å². The molecule has 1 rings (SSSR count). The normalized spacial score (nSPS) is 21.3. The van der Waals surface area contributed by atoms with Crippen molar-refractivity contribution in [2.75, 3.05) is 0 Å². The number of amides is 1. The van der Waals surface area contributed by atoms with Gasteiger partial charge in [0.15, 0.2) is 0 Å². The molecule has 2 nitrogen and oxygen atoms in total. The summed E-state index contributed by atoms with van der Waals surface area (Å²) in [5.41, 5.74) is 0. The summed E-state index contributed by atoms with van der Waals surface area (Å²) in [5, 5.41) is 3.17. The van der Waals surface area contributed by atoms with Crippen molar-refractivity contribution in [3.63, 3.8) is 0 Å². The Morgan fingerprint density at radius 3 is 2.36 bits per heavy atom. The lowest BCUT2D eigenvalue weighted by Gasteiger charge is -2.18. The Morgan fingerprint density at radius 2 is 1.86 bits per heavy atom. The molecule has 1 aliphatic carbocycles. The van der Waals surface area contributed by atoms with E-state index in [-0.39, 0.29) is 11.8 Å². The largest absolute Gasteiger partial charge is 0.353 e. The zero-order valence-electron chi connectivity index (χ0n) is 9.51. The second-order valence-corrected chi connectivity index (χ2v) is 4.51. The van der Waals surface area contributed by atoms with Crippen molar-refractivity contribution in [3.05, 3.63) is 0 Å². The molecule has 0 aromatic carbocycles. The monoisotopic (exact) mass is 197 g/mol. The number of hydrogen-bond acceptors (Lipinski definition) is 1. The smallest absolute Gasteiger partial charge is 0.223 e. The van der Waals surface area contributed by atoms with E-state index >= 15 is 0 Å². The lowest BCUT2D eigenvalue weighted by Crippen LogP contribution is -2.37. The molecule has 0 bridgehead atoms. The summed E-state index contributed by atoms with van der Waals surface area (Å²) in [6.07, 6.45) is 8.56. The lowest BCUT2D eigenvalue weighted by molar-refractivity contribution is -0.125. The Balaban J connectivity index is 2.30. The Bertz CT molecular complexity index is 171. The van der Waals surface area contributed by atoms with E-state index in [9.17, 15) is 4.79 Å². The van der Waals surface area contributed by atoms with Gasteiger partial charge < -0.3 is 5.32 Å². The maximum Gasteiger partial charge on any atom is 0.223 e. The Hall–Kier alpha value is -0.530. The zero-order chi connectivity index (χ0) is 10.4. The molecule has 1 fully saturated rings. The predicted octanol–water partition coefficient (Wildman–Crippen LogP) is 2.87. The first-order valence-electron chi connectivity index (χ1n) is 6.04. The standard InChI is InChI=1S/C12H23NO/c1-3-10(2)12(14)13-11-8-6-4-5-7-9-11/h10-11H,3-9H2,1-2H3,(H,13,14). The van der Waals surface area contributed by atoms with E-state index < -0.39 is 0 Å². The van der Waals surface area contributed by atoms with Crippen LogP contribution in [-0.2, 0) is 4.79 Å². The van der Waals surface area contributed by atoms with Gasteiger partial charge in [-0.05, 0) is 19.3 Å². The van der Waals surface area contributed by atoms with Crippen LogP contribution in [0.2, 0.25) is 0 Å². The fraction of sp³-hybridized carbons (Fsp3) is 0.917. The molecule has 0 heterocycles. The van der Waals surface area contributed by atoms with Gasteiger partial charge in [-0.15, -0.1) is 0 Å². The minimum absolute atomic E-state index is 0.179. The van der Waals surface area contributed by atoms with E-state index in [0.717, 1.165) is 6.42 Å². The van der Waals surface area contributed by atoms with E-state index in [2.05, 4.69) is 12.2 Å². The van der Waals surface area contributed by atoms with Crippen molar-refractivity contribution in [2.45, 2.75) is 64.8 Å². The molecule has 0 aromatic rings. The molecule has 0 saturated heterocycles. The second-order valence-electron chi connectivity index (χ2n) is 4.51. The molecule has 0 spiro atoms. The molecule has 0 aliphatic heterocycles. The molecule has 0 radical (unpaired) electrons. The van der Waals surface area contributed by atoms with Gasteiger partial charge in [-0.1, -0.05) is 39.5 Å². The first kappa shape index (κ1) is 11.5. The Kier molecular flexibility index (Phi) is 4.99. The van der Waals surface area contributed by atoms with Crippen molar-refractivity contribution in [1.29, 1.82) is 0 Å². The number of carbonyl (C=O) groups excluding carboxylic acids is 1. The van der Waals surface area contributed by atoms with E-state index in [1.54, 1.807) is 0 Å². The van der Waals surface area contributed by atoms with Gasteiger partial charge in [0.05, 0.1) is 0 Å². The van der Waals surface area contributed by atoms with Gasteiger partial charge in [0.1, 0.15) is 0 Å². The highest BCUT2D eigenvalue weighted by atomic mass is 16.1. The van der Waals surface area contributed by atoms with Crippen LogP contribution in [0.4, 0.5) is 0 Å². The molecule has 1 atom stereocenters. The summed E-state index contributed by atoms with van der Waals surface area (Å²) in [6, 6.07) is 0.457. The summed E-state index contributed by atoms with van der Waals surface area (Å²) in [5.74, 6) is 0.428. The summed E-state index contributed by atoms with van der Waals surface area (Å²) in [7, 11) is 0. The Morgan fingerprint density at radius 1 is 1.29 bits per heavy atom. The van der Waals surface area contributed by atoms with E-state index in [1.165, 1.54) is 38.5 Å². The third-order valence-electron chi connectivity index (χ3n) is 3.26. The van der Waals surface area contributed by atoms with Crippen LogP contribution in [0.25, 0.3) is 0 Å². The summed E-state index contributed by atoms with van der Waals surface area (Å²) in [4.78, 5) is 11.6. The van der Waals surface area contributed by atoms with Crippen LogP contribution in [-0.4, -0.2) is 11.9 Å². The highest BCUT2D eigenvalue weighted by Gasteiger charge is 2.17. The van der Waals surface area contributed by atoms with Gasteiger partial charge in [-0.3, -0.25) is 4.79 Å². The quantitative estimate of drug-likeness (QED) is 0.692. The van der Waals surface area contributed by atoms with Crippen LogP contribution < -0.4 is 5.32 Å². The van der Waals surface area contributed by atoms with Crippen LogP contribution in [0.1, 0.15) is 58.8 Å². The second kappa shape index (κ2) is 6.05. The van der Waals surface area contributed by atoms with Crippen LogP contribution in [0.5, 0.6) is 0 Å². The lowest BCUT2D eigenvalue weighted by atomic mass is 10.1. The number of rotatable bonds is 3. The van der Waals surface area contributed by atoms with Crippen LogP contribution >= 0.6 is 0 Å². The first-order chi connectivity index (χ1) is 6.74. The van der Waals surface area contributed by atoms with Crippen molar-refractivity contribution < 1.29 is 4.79 Å². The topological polar surface area (TPSA) is 29.1 Å². The molecule has 2 heteroatoms. The van der Waals surface area contributed by atoms with Gasteiger partial charge in [0.25, 0.3) is 0 Å². The van der Waals surface area contributed by atoms with Crippen molar-refractivity contribution in [1.82, 2.24) is 5.32 Å². The van der Waals surface area contributed by atoms with Gasteiger partial charge in [0, 0.05) is 12.0 Å². The number of hydrogen-bond donors (Lipinski definition) is 1. The summed E-state index contributed by atoms with van der Waals surface area (Å²) in [6.45, 7) is 4.07. The van der Waals surface area contributed by atoms with E-state index in [0.29, 0.717) is 6.04 Å². The predicted molar refractivity (Wildman–Crippen MR) is 59.1 cm³/mol. The minimum Gasteiger partial charge on any atom is -0.353 e. The van der Waals surface area contributed by atoms with Crippen LogP contribution in [0.3, 0.4) is 0 Å². The third kappa shape index (κ3) is 3.69. The molecule has 1 amide bonds. The van der Waals surface area contributed by atoms with Gasteiger partial charge >= 0.3 is 0 Å². The number of nitrogens with one attached hydrogen (secondary N) is 1. The van der Waals surface area contributed by atoms with Gasteiger partial charge in [-0.2, -0.15) is 0 Å². The highest BCUT2D eigenvalue weighted by Crippen LogP contribution is 2.17. The molecular formula is C12H23NO. The summed E-state index contributed by atoms with van der Waals surface area (Å²) < 4.78 is 0. The fourth-order valence-electron chi connectivity index (χ4n) is 1.95. The maximum absolute atomic E-state index is 11.6. The van der Waals surface area contributed by atoms with Gasteiger partial charge in [0.2, 0.25) is 5.91 Å². The third-order valence-corrected chi connectivity index (χ3v) is 3.26. The molecular weight excluding hydrogens is 174 g/mol. The molecule has 1 aliphatic rings. The van der Waals surface area contributed by atoms with Crippen molar-refractivity contribution in [2.24, 2.45) is 5.92 Å². The average Bonchev–Trinajstić information content (AvgIpc) is 2.45. The summed E-state index contributed by atoms with van der Waals surface area (Å²) >= 11 is 0. The van der Waals surface area contributed by atoms with Gasteiger partial charge in [-0.25, -0.2) is 0 Å². The molecule has 1 unspecified atom stereocenters. The first-order valence-corrected chi connectivity index (χ1v) is 6.04. The van der Waals surface area contributed by atoms with Crippen LogP contribution in [0, 0.1) is 5.92 Å². The van der Waals surface area contributed by atoms with E-state index in [1.807, 2.05) is 6.92 Å². The highest BCUT2D eigenvalue weighted by molar-refractivity contribution is 5.78. The molecule has 1 N–H and O–H groups in total. The van der Waals surface area contributed by atoms with Crippen LogP contribution in [0.15, 0.2) is 0 Å². The SMILES string of the molecule is CCC(C)C(=O)NC1CCCCCC1. The Labute approximate surface area is 87.5 Å². The maximum atomic E-state index is 11.6. The molecule has 14 heavy (non-hydrogen) atoms. The molecule has 0 aromatic heterocycles. The molecule has 82 valence electrons. The van der Waals surface area contributed by atoms with Crippen molar-refractivity contribution in [3.8, 4) is 0 Å². The number of carbonyl (C=O) groups is 1. The minimum atomic E-state index is 0.179.